The minimum absolute atomic E-state index is 0.233. The van der Waals surface area contributed by atoms with Crippen LogP contribution in [0.25, 0.3) is 0 Å². The Kier molecular flexibility index (Phi) is 4.26. The number of nitrogens with zero attached hydrogens (tertiary/aromatic N) is 1. The van der Waals surface area contributed by atoms with E-state index in [1.54, 1.807) is 0 Å². The summed E-state index contributed by atoms with van der Waals surface area (Å²) in [5.41, 5.74) is 5.79. The first kappa shape index (κ1) is 14.1. The first-order valence-electron chi connectivity index (χ1n) is 5.18. The van der Waals surface area contributed by atoms with Crippen molar-refractivity contribution in [3.63, 3.8) is 0 Å². The van der Waals surface area contributed by atoms with Crippen molar-refractivity contribution in [1.29, 1.82) is 0 Å². The molecule has 8 nitrogen and oxygen atoms in total. The average Bonchev–Trinajstić information content (AvgIpc) is 2.25. The number of aliphatic carboxylic acids is 1. The summed E-state index contributed by atoms with van der Waals surface area (Å²) in [5.74, 6) is 3.65. The molecule has 1 aliphatic rings. The van der Waals surface area contributed by atoms with Gasteiger partial charge in [0.15, 0.2) is 13.2 Å². The van der Waals surface area contributed by atoms with Crippen molar-refractivity contribution in [3.05, 3.63) is 0 Å². The number of nitrogens with one attached hydrogen (secondary N) is 1. The molecule has 0 bridgehead atoms. The third-order valence-corrected chi connectivity index (χ3v) is 4.71. The van der Waals surface area contributed by atoms with Gasteiger partial charge in [-0.15, -0.1) is 0 Å². The maximum atomic E-state index is 12.0. The van der Waals surface area contributed by atoms with Gasteiger partial charge in [-0.2, -0.15) is 0 Å². The third kappa shape index (κ3) is 2.84. The highest BCUT2D eigenvalue weighted by Gasteiger charge is 2.45. The van der Waals surface area contributed by atoms with Crippen LogP contribution in [0.3, 0.4) is 0 Å². The van der Waals surface area contributed by atoms with Crippen LogP contribution in [0.1, 0.15) is 19.8 Å². The number of amides is 1. The van der Waals surface area contributed by atoms with Crippen LogP contribution in [0.4, 0.5) is 0 Å². The molecule has 1 fully saturated rings. The molecule has 1 rings (SSSR count). The predicted octanol–water partition coefficient (Wildman–Crippen LogP) is -1.33. The summed E-state index contributed by atoms with van der Waals surface area (Å²) in [7, 11) is -2.79. The Morgan fingerprint density at radius 3 is 2.82 bits per heavy atom. The lowest BCUT2D eigenvalue weighted by Gasteiger charge is -2.36. The highest BCUT2D eigenvalue weighted by Crippen LogP contribution is 2.38. The Balaban J connectivity index is 2.79. The molecule has 98 valence electrons. The van der Waals surface area contributed by atoms with Crippen molar-refractivity contribution < 1.29 is 19.3 Å². The lowest BCUT2D eigenvalue weighted by atomic mass is 10.1. The van der Waals surface area contributed by atoms with E-state index in [9.17, 15) is 14.2 Å². The third-order valence-electron chi connectivity index (χ3n) is 2.74. The summed E-state index contributed by atoms with van der Waals surface area (Å²) >= 11 is 0. The fraction of sp³-hybridized carbons (Fsp3) is 0.750. The number of hydrogen-bond acceptors (Lipinski definition) is 5. The van der Waals surface area contributed by atoms with Gasteiger partial charge >= 0.3 is 5.97 Å². The van der Waals surface area contributed by atoms with Crippen molar-refractivity contribution in [2.75, 3.05) is 6.54 Å². The van der Waals surface area contributed by atoms with Crippen LogP contribution < -0.4 is 16.7 Å². The summed E-state index contributed by atoms with van der Waals surface area (Å²) in [6.45, 7) is 1.70. The van der Waals surface area contributed by atoms with Gasteiger partial charge in [0, 0.05) is 6.54 Å². The molecule has 1 heterocycles. The van der Waals surface area contributed by atoms with Gasteiger partial charge in [0.2, 0.25) is 0 Å². The molecule has 0 aliphatic carbocycles. The number of carboxylic acids is 1. The number of hydrazine groups is 1. The number of rotatable bonds is 4. The van der Waals surface area contributed by atoms with Gasteiger partial charge in [-0.3, -0.25) is 19.7 Å². The van der Waals surface area contributed by atoms with E-state index in [1.165, 1.54) is 6.92 Å². The number of piperidine rings is 1. The highest BCUT2D eigenvalue weighted by molar-refractivity contribution is 7.45. The SMILES string of the molecule is CC(N[PH](=O)[C@@]1(N)CCCN(N)C1=O)C(=O)O. The molecule has 0 saturated carbocycles. The van der Waals surface area contributed by atoms with Gasteiger partial charge in [0.1, 0.15) is 6.04 Å². The van der Waals surface area contributed by atoms with Gasteiger partial charge < -0.3 is 15.4 Å². The van der Waals surface area contributed by atoms with E-state index in [0.29, 0.717) is 13.0 Å². The topological polar surface area (TPSA) is 139 Å². The maximum Gasteiger partial charge on any atom is 0.320 e. The zero-order valence-corrected chi connectivity index (χ0v) is 10.5. The summed E-state index contributed by atoms with van der Waals surface area (Å²) in [6.07, 6.45) is 0.773. The van der Waals surface area contributed by atoms with Crippen LogP contribution in [0.2, 0.25) is 0 Å². The highest BCUT2D eigenvalue weighted by atomic mass is 31.1. The molecule has 2 unspecified atom stereocenters. The minimum atomic E-state index is -2.79. The Morgan fingerprint density at radius 2 is 2.29 bits per heavy atom. The average molecular weight is 264 g/mol. The molecule has 1 saturated heterocycles. The van der Waals surface area contributed by atoms with Gasteiger partial charge in [-0.05, 0) is 19.8 Å². The van der Waals surface area contributed by atoms with E-state index in [2.05, 4.69) is 5.09 Å². The largest absolute Gasteiger partial charge is 0.480 e. The number of nitrogens with two attached hydrogens (primary N) is 2. The molecule has 3 atom stereocenters. The first-order valence-corrected chi connectivity index (χ1v) is 6.59. The molecule has 9 heteroatoms. The normalized spacial score (nSPS) is 28.9. The molecule has 0 radical (unpaired) electrons. The molecule has 6 N–H and O–H groups in total. The maximum absolute atomic E-state index is 12.0. The number of carboxylic acid groups (broad SMARTS) is 1. The van der Waals surface area contributed by atoms with Crippen LogP contribution in [0.5, 0.6) is 0 Å². The molecule has 0 spiro atoms. The molecule has 0 aromatic rings. The molecule has 1 aliphatic heterocycles. The van der Waals surface area contributed by atoms with Crippen LogP contribution in [-0.4, -0.2) is 39.9 Å². The second-order valence-corrected chi connectivity index (χ2v) is 5.95. The van der Waals surface area contributed by atoms with Crippen molar-refractivity contribution in [2.24, 2.45) is 11.6 Å². The quantitative estimate of drug-likeness (QED) is 0.280. The van der Waals surface area contributed by atoms with Crippen LogP contribution in [0.15, 0.2) is 0 Å². The van der Waals surface area contributed by atoms with Crippen LogP contribution >= 0.6 is 7.95 Å². The van der Waals surface area contributed by atoms with E-state index < -0.39 is 31.2 Å². The van der Waals surface area contributed by atoms with E-state index in [1.807, 2.05) is 0 Å². The summed E-state index contributed by atoms with van der Waals surface area (Å²) < 4.78 is 12.0. The zero-order chi connectivity index (χ0) is 13.2. The lowest BCUT2D eigenvalue weighted by molar-refractivity contribution is -0.139. The standard InChI is InChI=1S/C8H17N4O4P/c1-5(6(13)14)11-17(16)8(9)3-2-4-12(10)7(8)15/h5,17H,2-4,9-10H2,1H3,(H,11,16)(H,13,14)/t5?,8-/m0/s1. The Hall–Kier alpha value is -0.950. The van der Waals surface area contributed by atoms with Crippen LogP contribution in [0, 0.1) is 0 Å². The van der Waals surface area contributed by atoms with Gasteiger partial charge in [0.05, 0.1) is 0 Å². The molecule has 0 aromatic heterocycles. The fourth-order valence-corrected chi connectivity index (χ4v) is 3.11. The number of hydrogen-bond donors (Lipinski definition) is 4. The number of carbonyl (C=O) groups is 2. The molecular formula is C8H17N4O4P. The molecule has 17 heavy (non-hydrogen) atoms. The summed E-state index contributed by atoms with van der Waals surface area (Å²) in [4.78, 5) is 22.4. The minimum Gasteiger partial charge on any atom is -0.480 e. The van der Waals surface area contributed by atoms with Gasteiger partial charge in [0.25, 0.3) is 5.91 Å². The lowest BCUT2D eigenvalue weighted by Crippen LogP contribution is -2.60. The Morgan fingerprint density at radius 1 is 1.71 bits per heavy atom. The fourth-order valence-electron chi connectivity index (χ4n) is 1.59. The number of carbonyl (C=O) groups excluding carboxylic acids is 1. The summed E-state index contributed by atoms with van der Waals surface area (Å²) in [6, 6.07) is -1.03. The van der Waals surface area contributed by atoms with Gasteiger partial charge in [-0.1, -0.05) is 0 Å². The smallest absolute Gasteiger partial charge is 0.320 e. The summed E-state index contributed by atoms with van der Waals surface area (Å²) in [5, 5.41) is 10.4. The van der Waals surface area contributed by atoms with Gasteiger partial charge in [-0.25, -0.2) is 5.84 Å². The van der Waals surface area contributed by atoms with Crippen LogP contribution in [-0.2, 0) is 14.2 Å². The van der Waals surface area contributed by atoms with E-state index >= 15 is 0 Å². The monoisotopic (exact) mass is 264 g/mol. The van der Waals surface area contributed by atoms with E-state index in [-0.39, 0.29) is 6.42 Å². The first-order chi connectivity index (χ1) is 7.79. The molecular weight excluding hydrogens is 247 g/mol. The predicted molar refractivity (Wildman–Crippen MR) is 61.3 cm³/mol. The van der Waals surface area contributed by atoms with E-state index in [0.717, 1.165) is 5.01 Å². The van der Waals surface area contributed by atoms with Crippen molar-refractivity contribution in [2.45, 2.75) is 31.1 Å². The van der Waals surface area contributed by atoms with Crippen molar-refractivity contribution in [3.8, 4) is 0 Å². The Bertz CT molecular complexity index is 363. The Labute approximate surface area is 99.1 Å². The van der Waals surface area contributed by atoms with Crippen molar-refractivity contribution >= 4 is 19.8 Å². The molecule has 0 aromatic carbocycles. The molecule has 1 amide bonds. The zero-order valence-electron chi connectivity index (χ0n) is 9.47. The van der Waals surface area contributed by atoms with E-state index in [4.69, 9.17) is 16.7 Å². The second kappa shape index (κ2) is 5.14. The van der Waals surface area contributed by atoms with Crippen molar-refractivity contribution in [1.82, 2.24) is 10.1 Å². The second-order valence-electron chi connectivity index (χ2n) is 4.11.